The van der Waals surface area contributed by atoms with E-state index in [9.17, 15) is 19.2 Å². The van der Waals surface area contributed by atoms with Gasteiger partial charge in [0.25, 0.3) is 0 Å². The summed E-state index contributed by atoms with van der Waals surface area (Å²) in [4.78, 5) is 49.5. The Labute approximate surface area is 279 Å². The van der Waals surface area contributed by atoms with Crippen molar-refractivity contribution in [3.63, 3.8) is 0 Å². The normalized spacial score (nSPS) is 42.4. The molecule has 258 valence electrons. The molecule has 7 rings (SSSR count). The second-order valence-corrected chi connectivity index (χ2v) is 16.7. The maximum absolute atomic E-state index is 13.1. The minimum absolute atomic E-state index is 0.0865. The molecule has 0 heterocycles. The lowest BCUT2D eigenvalue weighted by Gasteiger charge is -2.32. The molecule has 10 unspecified atom stereocenters. The molecular weight excluding hydrogens is 596 g/mol. The van der Waals surface area contributed by atoms with E-state index in [0.29, 0.717) is 117 Å². The van der Waals surface area contributed by atoms with Gasteiger partial charge in [-0.25, -0.2) is 9.59 Å². The molecule has 0 aromatic rings. The van der Waals surface area contributed by atoms with Crippen LogP contribution in [0.3, 0.4) is 0 Å². The molecule has 0 aromatic heterocycles. The molecule has 0 aromatic carbocycles. The number of ether oxygens (including phenoxy) is 4. The van der Waals surface area contributed by atoms with Gasteiger partial charge >= 0.3 is 23.9 Å². The van der Waals surface area contributed by atoms with E-state index in [4.69, 9.17) is 18.9 Å². The maximum Gasteiger partial charge on any atom is 0.333 e. The summed E-state index contributed by atoms with van der Waals surface area (Å²) in [5, 5.41) is 0. The first-order valence-corrected chi connectivity index (χ1v) is 18.6. The van der Waals surface area contributed by atoms with Gasteiger partial charge in [0.15, 0.2) is 0 Å². The lowest BCUT2D eigenvalue weighted by molar-refractivity contribution is -0.157. The molecule has 8 nitrogen and oxygen atoms in total. The average molecular weight is 651 g/mol. The third kappa shape index (κ3) is 6.68. The third-order valence-corrected chi connectivity index (χ3v) is 14.1. The minimum atomic E-state index is -0.338. The second-order valence-electron chi connectivity index (χ2n) is 16.7. The van der Waals surface area contributed by atoms with Crippen molar-refractivity contribution in [2.24, 2.45) is 82.9 Å². The van der Waals surface area contributed by atoms with Gasteiger partial charge in [-0.15, -0.1) is 0 Å². The fraction of sp³-hybridized carbons (Fsp3) is 0.795. The highest BCUT2D eigenvalue weighted by Gasteiger charge is 2.57. The summed E-state index contributed by atoms with van der Waals surface area (Å²) in [7, 11) is 0. The van der Waals surface area contributed by atoms with E-state index in [1.807, 2.05) is 0 Å². The van der Waals surface area contributed by atoms with E-state index in [1.54, 1.807) is 6.92 Å². The zero-order chi connectivity index (χ0) is 32.8. The van der Waals surface area contributed by atoms with Gasteiger partial charge in [-0.3, -0.25) is 9.59 Å². The Balaban J connectivity index is 0.787. The van der Waals surface area contributed by atoms with Crippen molar-refractivity contribution in [2.45, 2.75) is 84.0 Å². The summed E-state index contributed by atoms with van der Waals surface area (Å²) in [5.74, 6) is 6.18. The lowest BCUT2D eigenvalue weighted by Crippen LogP contribution is -2.32. The van der Waals surface area contributed by atoms with Crippen LogP contribution in [-0.2, 0) is 38.1 Å². The number of carbonyl (C=O) groups is 4. The van der Waals surface area contributed by atoms with E-state index in [-0.39, 0.29) is 35.7 Å². The Morgan fingerprint density at radius 2 is 1.02 bits per heavy atom. The third-order valence-electron chi connectivity index (χ3n) is 14.1. The van der Waals surface area contributed by atoms with Crippen molar-refractivity contribution in [3.05, 3.63) is 24.8 Å². The topological polar surface area (TPSA) is 105 Å². The van der Waals surface area contributed by atoms with Gasteiger partial charge in [0.1, 0.15) is 0 Å². The first-order chi connectivity index (χ1) is 22.7. The average Bonchev–Trinajstić information content (AvgIpc) is 3.91. The van der Waals surface area contributed by atoms with Gasteiger partial charge in [-0.1, -0.05) is 13.2 Å². The van der Waals surface area contributed by atoms with E-state index in [0.717, 1.165) is 50.4 Å². The highest BCUT2D eigenvalue weighted by Crippen LogP contribution is 2.63. The van der Waals surface area contributed by atoms with Gasteiger partial charge in [0, 0.05) is 11.6 Å². The highest BCUT2D eigenvalue weighted by atomic mass is 16.5. The molecule has 0 spiro atoms. The van der Waals surface area contributed by atoms with E-state index < -0.39 is 0 Å². The van der Waals surface area contributed by atoms with Gasteiger partial charge in [-0.05, 0) is 155 Å². The molecule has 0 amide bonds. The van der Waals surface area contributed by atoms with Gasteiger partial charge in [0.2, 0.25) is 0 Å². The molecule has 7 aliphatic rings. The first-order valence-electron chi connectivity index (χ1n) is 18.6. The van der Waals surface area contributed by atoms with Crippen LogP contribution in [0.25, 0.3) is 0 Å². The van der Waals surface area contributed by atoms with Crippen LogP contribution in [0.4, 0.5) is 0 Å². The molecule has 0 N–H and O–H groups in total. The molecule has 7 saturated carbocycles. The largest absolute Gasteiger partial charge is 0.465 e. The van der Waals surface area contributed by atoms with E-state index >= 15 is 0 Å². The smallest absolute Gasteiger partial charge is 0.333 e. The van der Waals surface area contributed by atoms with Crippen LogP contribution in [0.2, 0.25) is 0 Å². The summed E-state index contributed by atoms with van der Waals surface area (Å²) >= 11 is 0. The molecule has 4 bridgehead atoms. The van der Waals surface area contributed by atoms with Crippen molar-refractivity contribution < 1.29 is 38.1 Å². The number of rotatable bonds is 12. The van der Waals surface area contributed by atoms with Crippen molar-refractivity contribution in [3.8, 4) is 0 Å². The van der Waals surface area contributed by atoms with Crippen LogP contribution in [0.15, 0.2) is 24.8 Å². The first kappa shape index (κ1) is 32.9. The lowest BCUT2D eigenvalue weighted by atomic mass is 9.76. The molecular formula is C39H54O8. The number of hydrogen-bond acceptors (Lipinski definition) is 8. The van der Waals surface area contributed by atoms with Crippen molar-refractivity contribution >= 4 is 23.9 Å². The minimum Gasteiger partial charge on any atom is -0.465 e. The number of carbonyl (C=O) groups excluding carboxylic acids is 4. The fourth-order valence-corrected chi connectivity index (χ4v) is 12.1. The van der Waals surface area contributed by atoms with Crippen LogP contribution >= 0.6 is 0 Å². The number of hydrogen-bond donors (Lipinski definition) is 0. The quantitative estimate of drug-likeness (QED) is 0.137. The molecule has 0 saturated heterocycles. The monoisotopic (exact) mass is 650 g/mol. The van der Waals surface area contributed by atoms with Gasteiger partial charge < -0.3 is 18.9 Å². The van der Waals surface area contributed by atoms with Crippen LogP contribution in [-0.4, -0.2) is 50.3 Å². The predicted octanol–water partition coefficient (Wildman–Crippen LogP) is 6.32. The predicted molar refractivity (Wildman–Crippen MR) is 173 cm³/mol. The highest BCUT2D eigenvalue weighted by molar-refractivity contribution is 5.86. The molecule has 7 fully saturated rings. The van der Waals surface area contributed by atoms with Gasteiger partial charge in [-0.2, -0.15) is 0 Å². The summed E-state index contributed by atoms with van der Waals surface area (Å²) in [6.07, 6.45) is 13.3. The van der Waals surface area contributed by atoms with Crippen LogP contribution in [0.5, 0.6) is 0 Å². The SMILES string of the molecule is C=CC(=O)OCC1CC2C3CC(CC3COC(=O)C3CCC(C(=O)OCC4CC5C6CC(CC6COC(=O)C(=C)C)[C@H]5C4)CC3)[C@H]2C1. The Morgan fingerprint density at radius 1 is 0.574 bits per heavy atom. The van der Waals surface area contributed by atoms with Gasteiger partial charge in [0.05, 0.1) is 38.3 Å². The zero-order valence-electron chi connectivity index (χ0n) is 28.2. The van der Waals surface area contributed by atoms with Crippen molar-refractivity contribution in [2.75, 3.05) is 26.4 Å². The van der Waals surface area contributed by atoms with Crippen LogP contribution < -0.4 is 0 Å². The van der Waals surface area contributed by atoms with E-state index in [2.05, 4.69) is 13.2 Å². The van der Waals surface area contributed by atoms with Crippen molar-refractivity contribution in [1.29, 1.82) is 0 Å². The summed E-state index contributed by atoms with van der Waals surface area (Å²) in [6, 6.07) is 0. The summed E-state index contributed by atoms with van der Waals surface area (Å²) in [5.41, 5.74) is 0.456. The fourth-order valence-electron chi connectivity index (χ4n) is 12.1. The van der Waals surface area contributed by atoms with Crippen LogP contribution in [0, 0.1) is 82.9 Å². The Morgan fingerprint density at radius 3 is 1.51 bits per heavy atom. The molecule has 8 heteroatoms. The molecule has 0 radical (unpaired) electrons. The Hall–Kier alpha value is -2.64. The zero-order valence-corrected chi connectivity index (χ0v) is 28.2. The summed E-state index contributed by atoms with van der Waals surface area (Å²) < 4.78 is 22.7. The van der Waals surface area contributed by atoms with Crippen LogP contribution in [0.1, 0.15) is 84.0 Å². The Bertz CT molecular complexity index is 1250. The number of fused-ring (bicyclic) bond motifs is 10. The molecule has 47 heavy (non-hydrogen) atoms. The maximum atomic E-state index is 13.1. The second kappa shape index (κ2) is 13.7. The van der Waals surface area contributed by atoms with Crippen molar-refractivity contribution in [1.82, 2.24) is 0 Å². The van der Waals surface area contributed by atoms with E-state index in [1.165, 1.54) is 18.9 Å². The molecule has 0 aliphatic heterocycles. The number of esters is 4. The molecule has 12 atom stereocenters. The standard InChI is InChI=1S/C39H54O8/c1-4-36(40)44-17-22-9-30-27-14-29(33(16-27)34(30)11-22)20-47-39(43)25-7-5-24(6-8-25)38(42)45-18-23-10-31-26-13-28(19-46-37(41)21(2)3)32(15-26)35(31)12-23/h4,22-35H,1-2,5-20H2,3H3/t22?,23?,24?,25?,26?,27?,28?,29?,30-,31-,32?,33?,34?,35?/m1/s1. The summed E-state index contributed by atoms with van der Waals surface area (Å²) in [6.45, 7) is 10.9. The molecule has 7 aliphatic carbocycles. The Kier molecular flexibility index (Phi) is 9.59.